The van der Waals surface area contributed by atoms with Crippen LogP contribution in [0.3, 0.4) is 0 Å². The van der Waals surface area contributed by atoms with Crippen molar-refractivity contribution in [1.82, 2.24) is 4.98 Å². The van der Waals surface area contributed by atoms with Crippen molar-refractivity contribution in [3.8, 4) is 11.3 Å². The van der Waals surface area contributed by atoms with Crippen molar-refractivity contribution in [1.29, 1.82) is 0 Å². The summed E-state index contributed by atoms with van der Waals surface area (Å²) in [4.78, 5) is 16.3. The van der Waals surface area contributed by atoms with E-state index in [0.717, 1.165) is 40.6 Å². The Morgan fingerprint density at radius 2 is 1.86 bits per heavy atom. The van der Waals surface area contributed by atoms with Gasteiger partial charge in [-0.25, -0.2) is 0 Å². The van der Waals surface area contributed by atoms with E-state index in [1.54, 1.807) is 0 Å². The molecule has 110 valence electrons. The molecule has 2 nitrogen and oxygen atoms in total. The minimum absolute atomic E-state index is 0.225. The van der Waals surface area contributed by atoms with Gasteiger partial charge in [0.15, 0.2) is 5.78 Å². The van der Waals surface area contributed by atoms with Crippen LogP contribution in [0.2, 0.25) is 0 Å². The second-order valence-corrected chi connectivity index (χ2v) is 6.38. The highest BCUT2D eigenvalue weighted by Gasteiger charge is 2.34. The average Bonchev–Trinajstić information content (AvgIpc) is 3.29. The number of aryl methyl sites for hydroxylation is 2. The predicted molar refractivity (Wildman–Crippen MR) is 90.3 cm³/mol. The van der Waals surface area contributed by atoms with Gasteiger partial charge in [-0.15, -0.1) is 0 Å². The molecule has 0 bridgehead atoms. The van der Waals surface area contributed by atoms with Gasteiger partial charge in [0, 0.05) is 22.4 Å². The van der Waals surface area contributed by atoms with Gasteiger partial charge >= 0.3 is 0 Å². The maximum atomic E-state index is 12.9. The number of carbonyl (C=O) groups is 1. The molecule has 1 aliphatic rings. The lowest BCUT2D eigenvalue weighted by atomic mass is 9.96. The van der Waals surface area contributed by atoms with Gasteiger partial charge in [0.25, 0.3) is 0 Å². The normalized spacial score (nSPS) is 14.5. The molecule has 22 heavy (non-hydrogen) atoms. The van der Waals surface area contributed by atoms with Crippen LogP contribution < -0.4 is 0 Å². The first-order valence-corrected chi connectivity index (χ1v) is 7.87. The number of para-hydroxylation sites is 1. The summed E-state index contributed by atoms with van der Waals surface area (Å²) in [6, 6.07) is 14.5. The predicted octanol–water partition coefficient (Wildman–Crippen LogP) is 5.04. The monoisotopic (exact) mass is 289 g/mol. The second-order valence-electron chi connectivity index (χ2n) is 6.38. The van der Waals surface area contributed by atoms with Crippen LogP contribution in [0.1, 0.15) is 34.3 Å². The van der Waals surface area contributed by atoms with Crippen molar-refractivity contribution >= 4 is 16.7 Å². The van der Waals surface area contributed by atoms with Crippen molar-refractivity contribution in [3.63, 3.8) is 0 Å². The lowest BCUT2D eigenvalue weighted by molar-refractivity contribution is 0.0970. The van der Waals surface area contributed by atoms with E-state index in [9.17, 15) is 4.79 Å². The van der Waals surface area contributed by atoms with Crippen LogP contribution in [-0.4, -0.2) is 10.8 Å². The van der Waals surface area contributed by atoms with Gasteiger partial charge in [0.1, 0.15) is 0 Å². The van der Waals surface area contributed by atoms with Gasteiger partial charge in [0.2, 0.25) is 0 Å². The number of Topliss-reactive ketones (excluding diaryl/α,β-unsaturated/α-hetero) is 1. The third kappa shape index (κ3) is 2.07. The fourth-order valence-electron chi connectivity index (χ4n) is 3.15. The molecule has 1 aromatic heterocycles. The van der Waals surface area contributed by atoms with Gasteiger partial charge in [-0.1, -0.05) is 35.9 Å². The number of hydrogen-bond donors (Lipinski definition) is 1. The standard InChI is InChI=1S/C20H19NO/c1-12-7-8-13(2)16(11-12)19-18(20(22)14-9-10-14)15-5-3-4-6-17(15)21-19/h3-8,11,14,21H,9-10H2,1-2H3. The first-order valence-electron chi connectivity index (χ1n) is 7.87. The fraction of sp³-hybridized carbons (Fsp3) is 0.250. The zero-order valence-electron chi connectivity index (χ0n) is 12.9. The van der Waals surface area contributed by atoms with Crippen LogP contribution in [0.25, 0.3) is 22.2 Å². The van der Waals surface area contributed by atoms with Crippen LogP contribution in [-0.2, 0) is 0 Å². The molecule has 1 fully saturated rings. The van der Waals surface area contributed by atoms with Crippen molar-refractivity contribution < 1.29 is 4.79 Å². The van der Waals surface area contributed by atoms with Gasteiger partial charge in [-0.2, -0.15) is 0 Å². The molecule has 1 saturated carbocycles. The topological polar surface area (TPSA) is 32.9 Å². The van der Waals surface area contributed by atoms with E-state index in [-0.39, 0.29) is 5.92 Å². The maximum Gasteiger partial charge on any atom is 0.168 e. The van der Waals surface area contributed by atoms with E-state index in [1.165, 1.54) is 11.1 Å². The summed E-state index contributed by atoms with van der Waals surface area (Å²) in [6.07, 6.45) is 2.06. The molecule has 0 atom stereocenters. The summed E-state index contributed by atoms with van der Waals surface area (Å²) in [7, 11) is 0. The molecular weight excluding hydrogens is 270 g/mol. The van der Waals surface area contributed by atoms with E-state index >= 15 is 0 Å². The lowest BCUT2D eigenvalue weighted by Crippen LogP contribution is -2.03. The number of aromatic amines is 1. The smallest absolute Gasteiger partial charge is 0.168 e. The number of benzene rings is 2. The fourth-order valence-corrected chi connectivity index (χ4v) is 3.15. The van der Waals surface area contributed by atoms with E-state index in [0.29, 0.717) is 5.78 Å². The molecular formula is C20H19NO. The Labute approximate surface area is 130 Å². The number of ketones is 1. The lowest BCUT2D eigenvalue weighted by Gasteiger charge is -2.08. The molecule has 0 unspecified atom stereocenters. The number of nitrogens with one attached hydrogen (secondary N) is 1. The highest BCUT2D eigenvalue weighted by molar-refractivity contribution is 6.15. The Kier molecular flexibility index (Phi) is 2.93. The first-order chi connectivity index (χ1) is 10.6. The summed E-state index contributed by atoms with van der Waals surface area (Å²) in [5.41, 5.74) is 6.46. The molecule has 1 aliphatic carbocycles. The number of rotatable bonds is 3. The minimum Gasteiger partial charge on any atom is -0.354 e. The van der Waals surface area contributed by atoms with Crippen LogP contribution >= 0.6 is 0 Å². The minimum atomic E-state index is 0.225. The van der Waals surface area contributed by atoms with E-state index in [1.807, 2.05) is 18.2 Å². The largest absolute Gasteiger partial charge is 0.354 e. The van der Waals surface area contributed by atoms with E-state index < -0.39 is 0 Å². The Morgan fingerprint density at radius 3 is 2.64 bits per heavy atom. The summed E-state index contributed by atoms with van der Waals surface area (Å²) >= 11 is 0. The van der Waals surface area contributed by atoms with Gasteiger partial charge in [0.05, 0.1) is 11.3 Å². The number of aromatic nitrogens is 1. The third-order valence-electron chi connectivity index (χ3n) is 4.56. The molecule has 0 radical (unpaired) electrons. The van der Waals surface area contributed by atoms with Crippen LogP contribution in [0, 0.1) is 19.8 Å². The van der Waals surface area contributed by atoms with E-state index in [2.05, 4.69) is 43.1 Å². The second kappa shape index (κ2) is 4.84. The van der Waals surface area contributed by atoms with Crippen LogP contribution in [0.15, 0.2) is 42.5 Å². The average molecular weight is 289 g/mol. The molecule has 0 spiro atoms. The SMILES string of the molecule is Cc1ccc(C)c(-c2[nH]c3ccccc3c2C(=O)C2CC2)c1. The molecule has 2 heteroatoms. The molecule has 0 saturated heterocycles. The Hall–Kier alpha value is -2.35. The zero-order chi connectivity index (χ0) is 15.3. The quantitative estimate of drug-likeness (QED) is 0.673. The van der Waals surface area contributed by atoms with Gasteiger partial charge < -0.3 is 4.98 Å². The third-order valence-corrected chi connectivity index (χ3v) is 4.56. The van der Waals surface area contributed by atoms with Gasteiger partial charge in [-0.05, 0) is 44.4 Å². The Balaban J connectivity index is 2.02. The molecule has 2 aromatic carbocycles. The van der Waals surface area contributed by atoms with Crippen molar-refractivity contribution in [2.75, 3.05) is 0 Å². The molecule has 1 heterocycles. The van der Waals surface area contributed by atoms with Crippen molar-refractivity contribution in [3.05, 3.63) is 59.2 Å². The number of H-pyrrole nitrogens is 1. The Morgan fingerprint density at radius 1 is 1.09 bits per heavy atom. The molecule has 0 amide bonds. The van der Waals surface area contributed by atoms with Crippen LogP contribution in [0.5, 0.6) is 0 Å². The van der Waals surface area contributed by atoms with E-state index in [4.69, 9.17) is 0 Å². The number of hydrogen-bond acceptors (Lipinski definition) is 1. The molecule has 4 rings (SSSR count). The summed E-state index contributed by atoms with van der Waals surface area (Å²) in [5.74, 6) is 0.524. The summed E-state index contributed by atoms with van der Waals surface area (Å²) in [6.45, 7) is 4.19. The molecule has 0 aliphatic heterocycles. The Bertz CT molecular complexity index is 884. The highest BCUT2D eigenvalue weighted by Crippen LogP contribution is 2.39. The summed E-state index contributed by atoms with van der Waals surface area (Å²) in [5, 5.41) is 1.05. The molecule has 3 aromatic rings. The number of fused-ring (bicyclic) bond motifs is 1. The number of carbonyl (C=O) groups excluding carboxylic acids is 1. The molecule has 1 N–H and O–H groups in total. The maximum absolute atomic E-state index is 12.9. The van der Waals surface area contributed by atoms with Crippen molar-refractivity contribution in [2.24, 2.45) is 5.92 Å². The zero-order valence-corrected chi connectivity index (χ0v) is 12.9. The van der Waals surface area contributed by atoms with Gasteiger partial charge in [-0.3, -0.25) is 4.79 Å². The summed E-state index contributed by atoms with van der Waals surface area (Å²) < 4.78 is 0. The van der Waals surface area contributed by atoms with Crippen LogP contribution in [0.4, 0.5) is 0 Å². The highest BCUT2D eigenvalue weighted by atomic mass is 16.1. The van der Waals surface area contributed by atoms with Crippen molar-refractivity contribution in [2.45, 2.75) is 26.7 Å². The first kappa shape index (κ1) is 13.3.